The van der Waals surface area contributed by atoms with Gasteiger partial charge in [-0.15, -0.1) is 11.3 Å². The maximum absolute atomic E-state index is 4.29. The number of likely N-dealkylation sites (tertiary alicyclic amines) is 1. The number of nitrogens with one attached hydrogen (secondary N) is 2. The highest BCUT2D eigenvalue weighted by Crippen LogP contribution is 2.19. The fraction of sp³-hybridized carbons (Fsp3) is 0.643. The summed E-state index contributed by atoms with van der Waals surface area (Å²) in [6, 6.07) is 2.79. The number of aliphatic imine (C=N–C) groups is 1. The first-order valence-corrected chi connectivity index (χ1v) is 8.81. The van der Waals surface area contributed by atoms with Gasteiger partial charge in [-0.3, -0.25) is 9.89 Å². The molecule has 112 valence electrons. The van der Waals surface area contributed by atoms with Gasteiger partial charge in [0.25, 0.3) is 0 Å². The molecule has 6 heteroatoms. The van der Waals surface area contributed by atoms with E-state index in [-0.39, 0.29) is 0 Å². The smallest absolute Gasteiger partial charge is 0.191 e. The predicted octanol–water partition coefficient (Wildman–Crippen LogP) is 2.66. The van der Waals surface area contributed by atoms with Gasteiger partial charge in [-0.25, -0.2) is 0 Å². The standard InChI is InChI=1S/C14H23BrN4S/c1-3-19-6-4-5-12(19)8-17-14(16-2)18-9-13-7-11(15)10-20-13/h7,10,12H,3-6,8-9H2,1-2H3,(H2,16,17,18). The lowest BCUT2D eigenvalue weighted by atomic mass is 10.2. The van der Waals surface area contributed by atoms with Crippen molar-refractivity contribution in [3.8, 4) is 0 Å². The van der Waals surface area contributed by atoms with E-state index in [9.17, 15) is 0 Å². The molecule has 0 amide bonds. The largest absolute Gasteiger partial charge is 0.355 e. The fourth-order valence-corrected chi connectivity index (χ4v) is 3.99. The molecule has 1 aromatic heterocycles. The van der Waals surface area contributed by atoms with Gasteiger partial charge in [-0.05, 0) is 47.9 Å². The molecule has 1 aliphatic heterocycles. The normalized spacial score (nSPS) is 20.4. The maximum Gasteiger partial charge on any atom is 0.191 e. The number of nitrogens with zero attached hydrogens (tertiary/aromatic N) is 2. The Balaban J connectivity index is 1.75. The van der Waals surface area contributed by atoms with Crippen molar-refractivity contribution >= 4 is 33.2 Å². The van der Waals surface area contributed by atoms with E-state index >= 15 is 0 Å². The molecule has 1 aromatic rings. The van der Waals surface area contributed by atoms with Crippen molar-refractivity contribution in [1.82, 2.24) is 15.5 Å². The summed E-state index contributed by atoms with van der Waals surface area (Å²) in [4.78, 5) is 8.13. The second-order valence-electron chi connectivity index (χ2n) is 4.96. The molecule has 1 atom stereocenters. The van der Waals surface area contributed by atoms with E-state index in [4.69, 9.17) is 0 Å². The van der Waals surface area contributed by atoms with Crippen LogP contribution >= 0.6 is 27.3 Å². The maximum atomic E-state index is 4.29. The molecule has 1 unspecified atom stereocenters. The first kappa shape index (κ1) is 15.8. The Morgan fingerprint density at radius 2 is 2.40 bits per heavy atom. The Labute approximate surface area is 133 Å². The summed E-state index contributed by atoms with van der Waals surface area (Å²) in [5.74, 6) is 0.887. The first-order chi connectivity index (χ1) is 9.72. The molecular formula is C14H23BrN4S. The number of hydrogen-bond donors (Lipinski definition) is 2. The molecule has 1 aliphatic rings. The average Bonchev–Trinajstić information content (AvgIpc) is 3.07. The van der Waals surface area contributed by atoms with Gasteiger partial charge in [0.05, 0.1) is 6.54 Å². The van der Waals surface area contributed by atoms with Crippen LogP contribution in [0.5, 0.6) is 0 Å². The van der Waals surface area contributed by atoms with Gasteiger partial charge in [-0.2, -0.15) is 0 Å². The molecule has 0 bridgehead atoms. The monoisotopic (exact) mass is 358 g/mol. The highest BCUT2D eigenvalue weighted by atomic mass is 79.9. The lowest BCUT2D eigenvalue weighted by Crippen LogP contribution is -2.44. The van der Waals surface area contributed by atoms with Gasteiger partial charge in [0, 0.05) is 34.4 Å². The molecule has 2 heterocycles. The van der Waals surface area contributed by atoms with Gasteiger partial charge in [0.2, 0.25) is 0 Å². The molecular weight excluding hydrogens is 336 g/mol. The number of rotatable bonds is 5. The Hall–Kier alpha value is -0.590. The SMILES string of the molecule is CCN1CCCC1CNC(=NC)NCc1cc(Br)cs1. The summed E-state index contributed by atoms with van der Waals surface area (Å²) < 4.78 is 1.15. The third-order valence-electron chi connectivity index (χ3n) is 3.69. The molecule has 0 radical (unpaired) electrons. The van der Waals surface area contributed by atoms with Crippen LogP contribution in [0.1, 0.15) is 24.6 Å². The van der Waals surface area contributed by atoms with Crippen molar-refractivity contribution in [2.75, 3.05) is 26.7 Å². The Bertz CT molecular complexity index is 446. The van der Waals surface area contributed by atoms with Crippen LogP contribution in [0.25, 0.3) is 0 Å². The topological polar surface area (TPSA) is 39.7 Å². The summed E-state index contributed by atoms with van der Waals surface area (Å²) in [5, 5.41) is 8.91. The quantitative estimate of drug-likeness (QED) is 0.627. The summed E-state index contributed by atoms with van der Waals surface area (Å²) in [5.41, 5.74) is 0. The minimum Gasteiger partial charge on any atom is -0.355 e. The summed E-state index contributed by atoms with van der Waals surface area (Å²) in [6.07, 6.45) is 2.60. The van der Waals surface area contributed by atoms with E-state index in [1.54, 1.807) is 11.3 Å². The van der Waals surface area contributed by atoms with Gasteiger partial charge < -0.3 is 10.6 Å². The van der Waals surface area contributed by atoms with Gasteiger partial charge in [0.1, 0.15) is 0 Å². The minimum atomic E-state index is 0.648. The Kier molecular flexibility index (Phi) is 6.32. The zero-order chi connectivity index (χ0) is 14.4. The Morgan fingerprint density at radius 3 is 3.05 bits per heavy atom. The van der Waals surface area contributed by atoms with Crippen molar-refractivity contribution in [3.63, 3.8) is 0 Å². The molecule has 0 spiro atoms. The third kappa shape index (κ3) is 4.46. The highest BCUT2D eigenvalue weighted by Gasteiger charge is 2.22. The molecule has 0 aromatic carbocycles. The molecule has 0 saturated carbocycles. The van der Waals surface area contributed by atoms with Crippen LogP contribution in [0.3, 0.4) is 0 Å². The van der Waals surface area contributed by atoms with Crippen LogP contribution in [0, 0.1) is 0 Å². The van der Waals surface area contributed by atoms with Crippen LogP contribution in [-0.2, 0) is 6.54 Å². The van der Waals surface area contributed by atoms with Crippen LogP contribution in [0.4, 0.5) is 0 Å². The lowest BCUT2D eigenvalue weighted by Gasteiger charge is -2.23. The fourth-order valence-electron chi connectivity index (χ4n) is 2.60. The molecule has 2 rings (SSSR count). The van der Waals surface area contributed by atoms with Crippen LogP contribution in [0.2, 0.25) is 0 Å². The summed E-state index contributed by atoms with van der Waals surface area (Å²) >= 11 is 5.23. The second kappa shape index (κ2) is 8.00. The average molecular weight is 359 g/mol. The van der Waals surface area contributed by atoms with Gasteiger partial charge in [-0.1, -0.05) is 6.92 Å². The first-order valence-electron chi connectivity index (χ1n) is 7.14. The molecule has 4 nitrogen and oxygen atoms in total. The Morgan fingerprint density at radius 1 is 1.55 bits per heavy atom. The van der Waals surface area contributed by atoms with Crippen molar-refractivity contribution < 1.29 is 0 Å². The zero-order valence-corrected chi connectivity index (χ0v) is 14.6. The number of likely N-dealkylation sites (N-methyl/N-ethyl adjacent to an activating group) is 1. The number of guanidine groups is 1. The molecule has 0 aliphatic carbocycles. The number of thiophene rings is 1. The second-order valence-corrected chi connectivity index (χ2v) is 6.87. The third-order valence-corrected chi connectivity index (χ3v) is 5.38. The molecule has 1 saturated heterocycles. The van der Waals surface area contributed by atoms with Gasteiger partial charge >= 0.3 is 0 Å². The van der Waals surface area contributed by atoms with Crippen molar-refractivity contribution in [1.29, 1.82) is 0 Å². The highest BCUT2D eigenvalue weighted by molar-refractivity contribution is 9.10. The summed E-state index contributed by atoms with van der Waals surface area (Å²) in [7, 11) is 1.83. The van der Waals surface area contributed by atoms with E-state index in [1.807, 2.05) is 7.05 Å². The van der Waals surface area contributed by atoms with E-state index in [2.05, 4.69) is 54.8 Å². The van der Waals surface area contributed by atoms with E-state index in [1.165, 1.54) is 24.3 Å². The van der Waals surface area contributed by atoms with Crippen LogP contribution < -0.4 is 10.6 Å². The molecule has 1 fully saturated rings. The van der Waals surface area contributed by atoms with Crippen LogP contribution in [0.15, 0.2) is 20.9 Å². The molecule has 20 heavy (non-hydrogen) atoms. The van der Waals surface area contributed by atoms with Crippen molar-refractivity contribution in [2.24, 2.45) is 4.99 Å². The van der Waals surface area contributed by atoms with Crippen molar-refractivity contribution in [3.05, 3.63) is 20.8 Å². The van der Waals surface area contributed by atoms with Crippen molar-refractivity contribution in [2.45, 2.75) is 32.4 Å². The summed E-state index contributed by atoms with van der Waals surface area (Å²) in [6.45, 7) is 6.40. The predicted molar refractivity (Wildman–Crippen MR) is 90.5 cm³/mol. The number of hydrogen-bond acceptors (Lipinski definition) is 3. The lowest BCUT2D eigenvalue weighted by molar-refractivity contribution is 0.267. The zero-order valence-electron chi connectivity index (χ0n) is 12.2. The number of halogens is 1. The minimum absolute atomic E-state index is 0.648. The molecule has 2 N–H and O–H groups in total. The van der Waals surface area contributed by atoms with E-state index < -0.39 is 0 Å². The van der Waals surface area contributed by atoms with Crippen LogP contribution in [-0.4, -0.2) is 43.6 Å². The van der Waals surface area contributed by atoms with E-state index in [0.717, 1.165) is 30.1 Å². The van der Waals surface area contributed by atoms with E-state index in [0.29, 0.717) is 6.04 Å². The van der Waals surface area contributed by atoms with Gasteiger partial charge in [0.15, 0.2) is 5.96 Å².